The molecule has 0 amide bonds. The van der Waals surface area contributed by atoms with Gasteiger partial charge in [0.1, 0.15) is 0 Å². The molecule has 160 valence electrons. The third kappa shape index (κ3) is 19.5. The lowest BCUT2D eigenvalue weighted by Gasteiger charge is -2.18. The van der Waals surface area contributed by atoms with Crippen LogP contribution in [0.25, 0.3) is 0 Å². The third-order valence-corrected chi connectivity index (χ3v) is 5.60. The lowest BCUT2D eigenvalue weighted by Crippen LogP contribution is -2.13. The number of rotatable bonds is 20. The maximum Gasteiger partial charge on any atom is 0.303 e. The zero-order valence-corrected chi connectivity index (χ0v) is 17.9. The molecule has 0 bridgehead atoms. The average molecular weight is 385 g/mol. The summed E-state index contributed by atoms with van der Waals surface area (Å²) in [4.78, 5) is 21.3. The van der Waals surface area contributed by atoms with Gasteiger partial charge in [0.25, 0.3) is 0 Å². The standard InChI is InChI=1S/C23H44O4/c1-20(2)21(19-23(26)27)17-15-13-11-9-7-5-3-4-6-8-10-12-14-16-18-22(24)25/h20-21H,3-19H2,1-2H3,(H,24,25)(H,26,27). The Morgan fingerprint density at radius 1 is 0.593 bits per heavy atom. The number of carboxylic acid groups (broad SMARTS) is 2. The maximum atomic E-state index is 10.9. The van der Waals surface area contributed by atoms with Gasteiger partial charge in [0, 0.05) is 12.8 Å². The van der Waals surface area contributed by atoms with Crippen LogP contribution in [0.5, 0.6) is 0 Å². The van der Waals surface area contributed by atoms with Crippen molar-refractivity contribution in [1.29, 1.82) is 0 Å². The van der Waals surface area contributed by atoms with Crippen LogP contribution in [0.4, 0.5) is 0 Å². The van der Waals surface area contributed by atoms with Crippen LogP contribution in [-0.4, -0.2) is 22.2 Å². The molecule has 0 aliphatic rings. The Balaban J connectivity index is 3.27. The van der Waals surface area contributed by atoms with E-state index in [4.69, 9.17) is 10.2 Å². The third-order valence-electron chi connectivity index (χ3n) is 5.60. The average Bonchev–Trinajstić information content (AvgIpc) is 2.59. The van der Waals surface area contributed by atoms with Crippen molar-refractivity contribution in [1.82, 2.24) is 0 Å². The number of carbonyl (C=O) groups is 2. The summed E-state index contributed by atoms with van der Waals surface area (Å²) in [6.07, 6.45) is 19.0. The monoisotopic (exact) mass is 384 g/mol. The van der Waals surface area contributed by atoms with Crippen LogP contribution in [0.3, 0.4) is 0 Å². The lowest BCUT2D eigenvalue weighted by molar-refractivity contribution is -0.139. The fraction of sp³-hybridized carbons (Fsp3) is 0.913. The second-order valence-corrected chi connectivity index (χ2v) is 8.48. The molecular formula is C23H44O4. The number of carboxylic acids is 2. The molecule has 0 aromatic heterocycles. The number of unbranched alkanes of at least 4 members (excludes halogenated alkanes) is 13. The zero-order chi connectivity index (χ0) is 20.3. The molecule has 0 saturated carbocycles. The van der Waals surface area contributed by atoms with Crippen molar-refractivity contribution in [3.8, 4) is 0 Å². The molecule has 4 nitrogen and oxygen atoms in total. The highest BCUT2D eigenvalue weighted by Crippen LogP contribution is 2.23. The zero-order valence-electron chi connectivity index (χ0n) is 17.9. The highest BCUT2D eigenvalue weighted by molar-refractivity contribution is 5.67. The molecule has 2 N–H and O–H groups in total. The van der Waals surface area contributed by atoms with E-state index in [0.29, 0.717) is 24.7 Å². The predicted octanol–water partition coefficient (Wildman–Crippen LogP) is 7.06. The molecule has 0 aliphatic heterocycles. The summed E-state index contributed by atoms with van der Waals surface area (Å²) in [6.45, 7) is 4.26. The van der Waals surface area contributed by atoms with Gasteiger partial charge in [-0.1, -0.05) is 97.3 Å². The molecule has 0 spiro atoms. The first-order valence-electron chi connectivity index (χ1n) is 11.4. The van der Waals surface area contributed by atoms with Crippen molar-refractivity contribution >= 4 is 11.9 Å². The highest BCUT2D eigenvalue weighted by Gasteiger charge is 2.16. The minimum Gasteiger partial charge on any atom is -0.481 e. The van der Waals surface area contributed by atoms with E-state index < -0.39 is 11.9 Å². The van der Waals surface area contributed by atoms with E-state index in [9.17, 15) is 9.59 Å². The Hall–Kier alpha value is -1.06. The Morgan fingerprint density at radius 3 is 1.30 bits per heavy atom. The van der Waals surface area contributed by atoms with Gasteiger partial charge in [0.05, 0.1) is 0 Å². The summed E-state index contributed by atoms with van der Waals surface area (Å²) in [7, 11) is 0. The van der Waals surface area contributed by atoms with Crippen LogP contribution in [-0.2, 0) is 9.59 Å². The lowest BCUT2D eigenvalue weighted by atomic mass is 9.87. The van der Waals surface area contributed by atoms with E-state index in [-0.39, 0.29) is 0 Å². The minimum absolute atomic E-state index is 0.319. The van der Waals surface area contributed by atoms with E-state index in [1.54, 1.807) is 0 Å². The topological polar surface area (TPSA) is 74.6 Å². The summed E-state index contributed by atoms with van der Waals surface area (Å²) in [5, 5.41) is 17.5. The normalized spacial score (nSPS) is 12.4. The molecule has 0 aromatic rings. The smallest absolute Gasteiger partial charge is 0.303 e. The maximum absolute atomic E-state index is 10.9. The van der Waals surface area contributed by atoms with Crippen molar-refractivity contribution in [3.63, 3.8) is 0 Å². The Morgan fingerprint density at radius 2 is 0.963 bits per heavy atom. The fourth-order valence-corrected chi connectivity index (χ4v) is 3.70. The Bertz CT molecular complexity index is 365. The van der Waals surface area contributed by atoms with Crippen molar-refractivity contribution in [2.75, 3.05) is 0 Å². The molecule has 0 heterocycles. The predicted molar refractivity (Wildman–Crippen MR) is 112 cm³/mol. The van der Waals surface area contributed by atoms with Crippen LogP contribution in [0, 0.1) is 11.8 Å². The molecule has 0 aliphatic carbocycles. The van der Waals surface area contributed by atoms with Gasteiger partial charge in [-0.05, 0) is 24.7 Å². The largest absolute Gasteiger partial charge is 0.481 e. The summed E-state index contributed by atoms with van der Waals surface area (Å²) >= 11 is 0. The van der Waals surface area contributed by atoms with E-state index in [1.165, 1.54) is 77.0 Å². The molecule has 0 rings (SSSR count). The van der Waals surface area contributed by atoms with E-state index in [1.807, 2.05) is 0 Å². The van der Waals surface area contributed by atoms with Crippen LogP contribution in [0.15, 0.2) is 0 Å². The molecule has 0 radical (unpaired) electrons. The van der Waals surface area contributed by atoms with Crippen molar-refractivity contribution in [2.45, 2.75) is 123 Å². The van der Waals surface area contributed by atoms with Crippen molar-refractivity contribution < 1.29 is 19.8 Å². The fourth-order valence-electron chi connectivity index (χ4n) is 3.70. The van der Waals surface area contributed by atoms with E-state index in [0.717, 1.165) is 19.3 Å². The van der Waals surface area contributed by atoms with Gasteiger partial charge in [0.2, 0.25) is 0 Å². The Labute approximate surface area is 167 Å². The first kappa shape index (κ1) is 25.9. The molecule has 4 heteroatoms. The summed E-state index contributed by atoms with van der Waals surface area (Å²) in [6, 6.07) is 0. The van der Waals surface area contributed by atoms with Crippen LogP contribution >= 0.6 is 0 Å². The van der Waals surface area contributed by atoms with Gasteiger partial charge >= 0.3 is 11.9 Å². The van der Waals surface area contributed by atoms with Gasteiger partial charge in [-0.15, -0.1) is 0 Å². The minimum atomic E-state index is -0.673. The SMILES string of the molecule is CC(C)C(CCCCCCCCCCCCCCCCC(=O)O)CC(=O)O. The van der Waals surface area contributed by atoms with Crippen molar-refractivity contribution in [3.05, 3.63) is 0 Å². The van der Waals surface area contributed by atoms with Crippen LogP contribution in [0.2, 0.25) is 0 Å². The molecular weight excluding hydrogens is 340 g/mol. The second-order valence-electron chi connectivity index (χ2n) is 8.48. The number of hydrogen-bond donors (Lipinski definition) is 2. The van der Waals surface area contributed by atoms with Gasteiger partial charge in [-0.2, -0.15) is 0 Å². The Kier molecular flexibility index (Phi) is 17.6. The summed E-state index contributed by atoms with van der Waals surface area (Å²) < 4.78 is 0. The number of aliphatic carboxylic acids is 2. The van der Waals surface area contributed by atoms with E-state index in [2.05, 4.69) is 13.8 Å². The number of hydrogen-bond acceptors (Lipinski definition) is 2. The van der Waals surface area contributed by atoms with Crippen molar-refractivity contribution in [2.24, 2.45) is 11.8 Å². The highest BCUT2D eigenvalue weighted by atomic mass is 16.4. The van der Waals surface area contributed by atoms with Crippen LogP contribution < -0.4 is 0 Å². The van der Waals surface area contributed by atoms with Gasteiger partial charge in [0.15, 0.2) is 0 Å². The molecule has 0 aromatic carbocycles. The van der Waals surface area contributed by atoms with Gasteiger partial charge < -0.3 is 10.2 Å². The second kappa shape index (κ2) is 18.3. The molecule has 1 unspecified atom stereocenters. The molecule has 0 saturated heterocycles. The summed E-state index contributed by atoms with van der Waals surface area (Å²) in [5.74, 6) is -0.537. The van der Waals surface area contributed by atoms with Gasteiger partial charge in [-0.3, -0.25) is 9.59 Å². The first-order valence-corrected chi connectivity index (χ1v) is 11.4. The quantitative estimate of drug-likeness (QED) is 0.220. The summed E-state index contributed by atoms with van der Waals surface area (Å²) in [5.41, 5.74) is 0. The molecule has 1 atom stereocenters. The van der Waals surface area contributed by atoms with E-state index >= 15 is 0 Å². The first-order chi connectivity index (χ1) is 12.9. The molecule has 27 heavy (non-hydrogen) atoms. The van der Waals surface area contributed by atoms with Crippen LogP contribution in [0.1, 0.15) is 123 Å². The van der Waals surface area contributed by atoms with Gasteiger partial charge in [-0.25, -0.2) is 0 Å². The molecule has 0 fully saturated rings.